The van der Waals surface area contributed by atoms with E-state index in [1.54, 1.807) is 6.33 Å². The van der Waals surface area contributed by atoms with Gasteiger partial charge in [0.1, 0.15) is 12.2 Å². The van der Waals surface area contributed by atoms with Gasteiger partial charge in [-0.25, -0.2) is 4.98 Å². The predicted molar refractivity (Wildman–Crippen MR) is 73.1 cm³/mol. The summed E-state index contributed by atoms with van der Waals surface area (Å²) in [5.41, 5.74) is 6.79. The summed E-state index contributed by atoms with van der Waals surface area (Å²) in [7, 11) is 1.97. The van der Waals surface area contributed by atoms with Gasteiger partial charge in [0.25, 0.3) is 0 Å². The molecule has 104 valence electrons. The maximum atomic E-state index is 6.86. The zero-order valence-corrected chi connectivity index (χ0v) is 12.0. The van der Waals surface area contributed by atoms with Gasteiger partial charge in [0.05, 0.1) is 5.54 Å². The minimum absolute atomic E-state index is 0.266. The highest BCUT2D eigenvalue weighted by atomic mass is 15.3. The van der Waals surface area contributed by atoms with E-state index in [0.29, 0.717) is 0 Å². The first kappa shape index (κ1) is 11.9. The summed E-state index contributed by atoms with van der Waals surface area (Å²) in [4.78, 5) is 4.47. The van der Waals surface area contributed by atoms with Crippen molar-refractivity contribution in [3.05, 3.63) is 12.2 Å². The summed E-state index contributed by atoms with van der Waals surface area (Å²) in [6.45, 7) is 2.20. The molecule has 0 spiro atoms. The van der Waals surface area contributed by atoms with Crippen LogP contribution in [0.4, 0.5) is 0 Å². The van der Waals surface area contributed by atoms with Crippen LogP contribution in [0, 0.1) is 23.2 Å². The SMILES string of the molecule is Cn1ncnc1C(C)(N)C12CC3CC(CC(C3)C1)C2. The highest BCUT2D eigenvalue weighted by Crippen LogP contribution is 2.64. The maximum absolute atomic E-state index is 6.86. The van der Waals surface area contributed by atoms with Gasteiger partial charge in [0, 0.05) is 7.05 Å². The molecule has 4 saturated carbocycles. The van der Waals surface area contributed by atoms with Crippen molar-refractivity contribution in [2.75, 3.05) is 0 Å². The van der Waals surface area contributed by atoms with Crippen LogP contribution in [0.5, 0.6) is 0 Å². The van der Waals surface area contributed by atoms with Crippen LogP contribution in [0.2, 0.25) is 0 Å². The van der Waals surface area contributed by atoms with Gasteiger partial charge >= 0.3 is 0 Å². The average Bonchev–Trinajstić information content (AvgIpc) is 2.74. The number of aromatic nitrogens is 3. The third-order valence-corrected chi connectivity index (χ3v) is 6.32. The zero-order valence-electron chi connectivity index (χ0n) is 12.0. The largest absolute Gasteiger partial charge is 0.319 e. The Labute approximate surface area is 114 Å². The molecule has 4 aliphatic carbocycles. The lowest BCUT2D eigenvalue weighted by atomic mass is 9.45. The van der Waals surface area contributed by atoms with Gasteiger partial charge in [0.2, 0.25) is 0 Å². The molecule has 0 amide bonds. The van der Waals surface area contributed by atoms with Crippen molar-refractivity contribution in [1.82, 2.24) is 14.8 Å². The van der Waals surface area contributed by atoms with Gasteiger partial charge in [-0.1, -0.05) is 0 Å². The number of hydrogen-bond acceptors (Lipinski definition) is 3. The van der Waals surface area contributed by atoms with Crippen LogP contribution in [-0.2, 0) is 12.6 Å². The summed E-state index contributed by atoms with van der Waals surface area (Å²) < 4.78 is 1.87. The number of rotatable bonds is 2. The lowest BCUT2D eigenvalue weighted by molar-refractivity contribution is -0.0982. The second-order valence-electron chi connectivity index (χ2n) is 7.61. The van der Waals surface area contributed by atoms with Crippen molar-refractivity contribution < 1.29 is 0 Å². The van der Waals surface area contributed by atoms with Gasteiger partial charge in [-0.15, -0.1) is 0 Å². The van der Waals surface area contributed by atoms with Crippen LogP contribution >= 0.6 is 0 Å². The van der Waals surface area contributed by atoms with Gasteiger partial charge < -0.3 is 5.73 Å². The van der Waals surface area contributed by atoms with E-state index in [9.17, 15) is 0 Å². The molecule has 4 heteroatoms. The molecule has 4 aliphatic rings. The molecule has 1 aromatic rings. The molecule has 5 rings (SSSR count). The normalized spacial score (nSPS) is 43.4. The maximum Gasteiger partial charge on any atom is 0.146 e. The minimum atomic E-state index is -0.339. The van der Waals surface area contributed by atoms with Gasteiger partial charge in [-0.3, -0.25) is 4.68 Å². The van der Waals surface area contributed by atoms with E-state index < -0.39 is 0 Å². The van der Waals surface area contributed by atoms with Crippen molar-refractivity contribution in [2.45, 2.75) is 51.0 Å². The third kappa shape index (κ3) is 1.49. The van der Waals surface area contributed by atoms with Gasteiger partial charge in [0.15, 0.2) is 0 Å². The Hall–Kier alpha value is -0.900. The number of hydrogen-bond donors (Lipinski definition) is 1. The Balaban J connectivity index is 1.77. The van der Waals surface area contributed by atoms with E-state index >= 15 is 0 Å². The summed E-state index contributed by atoms with van der Waals surface area (Å²) in [5, 5.41) is 4.24. The Morgan fingerprint density at radius 3 is 2.16 bits per heavy atom. The molecule has 19 heavy (non-hydrogen) atoms. The first-order chi connectivity index (χ1) is 9.00. The van der Waals surface area contributed by atoms with E-state index in [1.165, 1.54) is 38.5 Å². The molecule has 4 bridgehead atoms. The topological polar surface area (TPSA) is 56.7 Å². The van der Waals surface area contributed by atoms with E-state index in [4.69, 9.17) is 5.73 Å². The van der Waals surface area contributed by atoms with Crippen molar-refractivity contribution in [2.24, 2.45) is 36.0 Å². The Morgan fingerprint density at radius 1 is 1.21 bits per heavy atom. The highest BCUT2D eigenvalue weighted by molar-refractivity contribution is 5.17. The predicted octanol–water partition coefficient (Wildman–Crippen LogP) is 2.21. The fraction of sp³-hybridized carbons (Fsp3) is 0.867. The smallest absolute Gasteiger partial charge is 0.146 e. The van der Waals surface area contributed by atoms with Gasteiger partial charge in [-0.2, -0.15) is 5.10 Å². The van der Waals surface area contributed by atoms with E-state index in [1.807, 2.05) is 11.7 Å². The summed E-state index contributed by atoms with van der Waals surface area (Å²) >= 11 is 0. The lowest BCUT2D eigenvalue weighted by Crippen LogP contribution is -2.60. The Bertz CT molecular complexity index is 467. The van der Waals surface area contributed by atoms with E-state index in [-0.39, 0.29) is 11.0 Å². The van der Waals surface area contributed by atoms with Crippen LogP contribution in [0.1, 0.15) is 51.3 Å². The first-order valence-electron chi connectivity index (χ1n) is 7.63. The standard InChI is InChI=1S/C15H24N4/c1-14(16,13-17-9-18-19(13)2)15-6-10-3-11(7-15)5-12(4-10)8-15/h9-12H,3-8,16H2,1-2H3. The third-order valence-electron chi connectivity index (χ3n) is 6.32. The molecule has 0 aromatic carbocycles. The Kier molecular flexibility index (Phi) is 2.25. The number of nitrogens with two attached hydrogens (primary N) is 1. The molecular weight excluding hydrogens is 236 g/mol. The molecule has 2 N–H and O–H groups in total. The molecule has 0 aliphatic heterocycles. The minimum Gasteiger partial charge on any atom is -0.319 e. The lowest BCUT2D eigenvalue weighted by Gasteiger charge is -2.61. The molecule has 4 fully saturated rings. The van der Waals surface area contributed by atoms with Crippen LogP contribution in [0.25, 0.3) is 0 Å². The molecule has 1 heterocycles. The highest BCUT2D eigenvalue weighted by Gasteiger charge is 2.59. The van der Waals surface area contributed by atoms with Crippen molar-refractivity contribution >= 4 is 0 Å². The van der Waals surface area contributed by atoms with Crippen molar-refractivity contribution in [3.63, 3.8) is 0 Å². The summed E-state index contributed by atoms with van der Waals surface area (Å²) in [5.74, 6) is 3.72. The van der Waals surface area contributed by atoms with E-state index in [2.05, 4.69) is 17.0 Å². The van der Waals surface area contributed by atoms with E-state index in [0.717, 1.165) is 23.6 Å². The van der Waals surface area contributed by atoms with Gasteiger partial charge in [-0.05, 0) is 68.6 Å². The number of nitrogens with zero attached hydrogens (tertiary/aromatic N) is 3. The quantitative estimate of drug-likeness (QED) is 0.887. The molecule has 1 atom stereocenters. The summed E-state index contributed by atoms with van der Waals surface area (Å²) in [6.07, 6.45) is 9.91. The fourth-order valence-electron chi connectivity index (χ4n) is 5.75. The molecule has 0 saturated heterocycles. The van der Waals surface area contributed by atoms with Crippen LogP contribution in [0.15, 0.2) is 6.33 Å². The second-order valence-corrected chi connectivity index (χ2v) is 7.61. The first-order valence-corrected chi connectivity index (χ1v) is 7.63. The monoisotopic (exact) mass is 260 g/mol. The molecular formula is C15H24N4. The van der Waals surface area contributed by atoms with Crippen LogP contribution < -0.4 is 5.73 Å². The van der Waals surface area contributed by atoms with Crippen molar-refractivity contribution in [1.29, 1.82) is 0 Å². The number of aryl methyl sites for hydroxylation is 1. The molecule has 1 aromatic heterocycles. The zero-order chi connectivity index (χ0) is 13.3. The average molecular weight is 260 g/mol. The Morgan fingerprint density at radius 2 is 1.74 bits per heavy atom. The van der Waals surface area contributed by atoms with Crippen LogP contribution in [0.3, 0.4) is 0 Å². The molecule has 1 unspecified atom stereocenters. The second kappa shape index (κ2) is 3.60. The summed E-state index contributed by atoms with van der Waals surface area (Å²) in [6, 6.07) is 0. The fourth-order valence-corrected chi connectivity index (χ4v) is 5.75. The van der Waals surface area contributed by atoms with Crippen molar-refractivity contribution in [3.8, 4) is 0 Å². The molecule has 0 radical (unpaired) electrons. The van der Waals surface area contributed by atoms with Crippen LogP contribution in [-0.4, -0.2) is 14.8 Å². The molecule has 4 nitrogen and oxygen atoms in total.